The fourth-order valence-electron chi connectivity index (χ4n) is 2.53. The van der Waals surface area contributed by atoms with Crippen molar-refractivity contribution in [2.45, 2.75) is 18.9 Å². The third-order valence-corrected chi connectivity index (χ3v) is 3.65. The number of hydrogen-bond donors (Lipinski definition) is 1. The maximum absolute atomic E-state index is 13.7. The van der Waals surface area contributed by atoms with Crippen LogP contribution in [-0.4, -0.2) is 14.5 Å². The third-order valence-electron chi connectivity index (χ3n) is 3.65. The van der Waals surface area contributed by atoms with Crippen molar-refractivity contribution >= 4 is 16.9 Å². The van der Waals surface area contributed by atoms with Crippen LogP contribution in [0.25, 0.3) is 22.6 Å². The number of rotatable bonds is 2. The van der Waals surface area contributed by atoms with Crippen molar-refractivity contribution in [2.24, 2.45) is 0 Å². The summed E-state index contributed by atoms with van der Waals surface area (Å²) in [5, 5.41) is 0. The van der Waals surface area contributed by atoms with Gasteiger partial charge in [0.1, 0.15) is 17.2 Å². The van der Waals surface area contributed by atoms with Crippen molar-refractivity contribution in [2.75, 3.05) is 5.73 Å². The number of aromatic nitrogens is 3. The van der Waals surface area contributed by atoms with Gasteiger partial charge in [0, 0.05) is 17.8 Å². The lowest BCUT2D eigenvalue weighted by molar-refractivity contribution is 0.632. The summed E-state index contributed by atoms with van der Waals surface area (Å²) in [6, 6.07) is 8.99. The molecule has 0 bridgehead atoms. The van der Waals surface area contributed by atoms with Gasteiger partial charge in [-0.2, -0.15) is 0 Å². The van der Waals surface area contributed by atoms with E-state index < -0.39 is 5.82 Å². The molecule has 0 spiro atoms. The molecule has 1 aliphatic carbocycles. The van der Waals surface area contributed by atoms with Crippen LogP contribution in [0.4, 0.5) is 10.1 Å². The Balaban J connectivity index is 2.04. The number of imidazole rings is 1. The molecule has 1 aromatic carbocycles. The van der Waals surface area contributed by atoms with Gasteiger partial charge in [-0.05, 0) is 37.1 Å². The maximum atomic E-state index is 13.7. The number of halogens is 1. The zero-order valence-corrected chi connectivity index (χ0v) is 10.8. The zero-order valence-electron chi connectivity index (χ0n) is 10.8. The Morgan fingerprint density at radius 3 is 2.85 bits per heavy atom. The van der Waals surface area contributed by atoms with Gasteiger partial charge in [0.15, 0.2) is 5.65 Å². The lowest BCUT2D eigenvalue weighted by Crippen LogP contribution is -2.02. The summed E-state index contributed by atoms with van der Waals surface area (Å²) in [7, 11) is 0. The van der Waals surface area contributed by atoms with Crippen molar-refractivity contribution < 1.29 is 4.39 Å². The molecule has 1 aliphatic rings. The van der Waals surface area contributed by atoms with Gasteiger partial charge in [0.25, 0.3) is 0 Å². The zero-order chi connectivity index (χ0) is 13.7. The fourth-order valence-corrected chi connectivity index (χ4v) is 2.53. The maximum Gasteiger partial charge on any atom is 0.160 e. The average molecular weight is 268 g/mol. The molecule has 0 radical (unpaired) electrons. The largest absolute Gasteiger partial charge is 0.396 e. The highest BCUT2D eigenvalue weighted by molar-refractivity contribution is 5.81. The van der Waals surface area contributed by atoms with E-state index in [1.54, 1.807) is 18.3 Å². The van der Waals surface area contributed by atoms with Crippen LogP contribution in [0.15, 0.2) is 36.5 Å². The Morgan fingerprint density at radius 1 is 1.20 bits per heavy atom. The molecule has 0 amide bonds. The van der Waals surface area contributed by atoms with Crippen molar-refractivity contribution in [1.82, 2.24) is 14.5 Å². The molecule has 100 valence electrons. The highest BCUT2D eigenvalue weighted by atomic mass is 19.1. The predicted molar refractivity (Wildman–Crippen MR) is 75.6 cm³/mol. The van der Waals surface area contributed by atoms with E-state index in [4.69, 9.17) is 5.73 Å². The molecule has 4 nitrogen and oxygen atoms in total. The van der Waals surface area contributed by atoms with Gasteiger partial charge < -0.3 is 10.3 Å². The van der Waals surface area contributed by atoms with Crippen LogP contribution in [0, 0.1) is 5.82 Å². The van der Waals surface area contributed by atoms with Crippen molar-refractivity contribution in [3.8, 4) is 11.4 Å². The fraction of sp³-hybridized carbons (Fsp3) is 0.200. The molecule has 2 N–H and O–H groups in total. The predicted octanol–water partition coefficient (Wildman–Crippen LogP) is 3.15. The second kappa shape index (κ2) is 4.03. The van der Waals surface area contributed by atoms with E-state index in [1.807, 2.05) is 12.1 Å². The number of nitrogen functional groups attached to an aromatic ring is 1. The normalized spacial score (nSPS) is 14.8. The van der Waals surface area contributed by atoms with Gasteiger partial charge >= 0.3 is 0 Å². The molecule has 3 aromatic rings. The molecule has 1 saturated carbocycles. The van der Waals surface area contributed by atoms with E-state index in [2.05, 4.69) is 14.5 Å². The molecule has 2 aromatic heterocycles. The molecular weight excluding hydrogens is 255 g/mol. The van der Waals surface area contributed by atoms with Crippen LogP contribution in [0.5, 0.6) is 0 Å². The highest BCUT2D eigenvalue weighted by Gasteiger charge is 2.30. The Kier molecular flexibility index (Phi) is 2.30. The molecular formula is C15H13FN4. The number of pyridine rings is 1. The number of benzene rings is 1. The summed E-state index contributed by atoms with van der Waals surface area (Å²) in [6.07, 6.45) is 3.95. The van der Waals surface area contributed by atoms with Gasteiger partial charge in [-0.15, -0.1) is 0 Å². The smallest absolute Gasteiger partial charge is 0.160 e. The molecule has 5 heteroatoms. The van der Waals surface area contributed by atoms with Crippen LogP contribution >= 0.6 is 0 Å². The minimum Gasteiger partial charge on any atom is -0.396 e. The Morgan fingerprint density at radius 2 is 2.05 bits per heavy atom. The number of nitrogens with zero attached hydrogens (tertiary/aromatic N) is 3. The van der Waals surface area contributed by atoms with E-state index in [-0.39, 0.29) is 5.69 Å². The van der Waals surface area contributed by atoms with Crippen molar-refractivity contribution in [1.29, 1.82) is 0 Å². The molecule has 0 aliphatic heterocycles. The monoisotopic (exact) mass is 268 g/mol. The van der Waals surface area contributed by atoms with E-state index >= 15 is 0 Å². The Hall–Kier alpha value is -2.43. The van der Waals surface area contributed by atoms with Gasteiger partial charge in [0.05, 0.1) is 5.69 Å². The Labute approximate surface area is 115 Å². The summed E-state index contributed by atoms with van der Waals surface area (Å²) in [5.41, 5.74) is 8.31. The topological polar surface area (TPSA) is 56.7 Å². The summed E-state index contributed by atoms with van der Waals surface area (Å²) >= 11 is 0. The molecule has 0 atom stereocenters. The van der Waals surface area contributed by atoms with E-state index in [9.17, 15) is 4.39 Å². The number of nitrogens with two attached hydrogens (primary N) is 1. The second-order valence-corrected chi connectivity index (χ2v) is 5.08. The standard InChI is InChI=1S/C15H13FN4/c16-11-4-1-3-10(13(11)17)14-19-12-5-2-8-18-15(12)20(14)9-6-7-9/h1-5,8-9H,6-7,17H2. The van der Waals surface area contributed by atoms with Crippen LogP contribution in [0.2, 0.25) is 0 Å². The second-order valence-electron chi connectivity index (χ2n) is 5.08. The van der Waals surface area contributed by atoms with Gasteiger partial charge in [0.2, 0.25) is 0 Å². The van der Waals surface area contributed by atoms with Gasteiger partial charge in [-0.25, -0.2) is 14.4 Å². The average Bonchev–Trinajstić information content (AvgIpc) is 3.22. The molecule has 0 saturated heterocycles. The first-order valence-corrected chi connectivity index (χ1v) is 6.63. The van der Waals surface area contributed by atoms with Crippen LogP contribution in [0.1, 0.15) is 18.9 Å². The minimum atomic E-state index is -0.412. The number of hydrogen-bond acceptors (Lipinski definition) is 3. The molecule has 2 heterocycles. The lowest BCUT2D eigenvalue weighted by atomic mass is 10.1. The Bertz CT molecular complexity index is 805. The van der Waals surface area contributed by atoms with Crippen LogP contribution in [-0.2, 0) is 0 Å². The van der Waals surface area contributed by atoms with E-state index in [1.165, 1.54) is 6.07 Å². The van der Waals surface area contributed by atoms with Crippen molar-refractivity contribution in [3.05, 3.63) is 42.3 Å². The SMILES string of the molecule is Nc1c(F)cccc1-c1nc2cccnc2n1C1CC1. The van der Waals surface area contributed by atoms with Crippen LogP contribution < -0.4 is 5.73 Å². The number of fused-ring (bicyclic) bond motifs is 1. The van der Waals surface area contributed by atoms with E-state index in [0.29, 0.717) is 17.4 Å². The summed E-state index contributed by atoms with van der Waals surface area (Å²) in [6.45, 7) is 0. The third kappa shape index (κ3) is 1.59. The first-order chi connectivity index (χ1) is 9.75. The summed E-state index contributed by atoms with van der Waals surface area (Å²) in [5.74, 6) is 0.295. The number of para-hydroxylation sites is 1. The first kappa shape index (κ1) is 11.4. The van der Waals surface area contributed by atoms with Crippen LogP contribution in [0.3, 0.4) is 0 Å². The molecule has 20 heavy (non-hydrogen) atoms. The molecule has 0 unspecified atom stereocenters. The minimum absolute atomic E-state index is 0.143. The highest BCUT2D eigenvalue weighted by Crippen LogP contribution is 2.41. The number of anilines is 1. The lowest BCUT2D eigenvalue weighted by Gasteiger charge is -2.09. The van der Waals surface area contributed by atoms with Gasteiger partial charge in [-0.1, -0.05) is 6.07 Å². The summed E-state index contributed by atoms with van der Waals surface area (Å²) < 4.78 is 15.8. The van der Waals surface area contributed by atoms with Crippen molar-refractivity contribution in [3.63, 3.8) is 0 Å². The summed E-state index contributed by atoms with van der Waals surface area (Å²) in [4.78, 5) is 9.01. The molecule has 4 rings (SSSR count). The first-order valence-electron chi connectivity index (χ1n) is 6.63. The quantitative estimate of drug-likeness (QED) is 0.726. The van der Waals surface area contributed by atoms with E-state index in [0.717, 1.165) is 24.0 Å². The van der Waals surface area contributed by atoms with Gasteiger partial charge in [-0.3, -0.25) is 0 Å². The molecule has 1 fully saturated rings.